The lowest BCUT2D eigenvalue weighted by Crippen LogP contribution is -2.16. The Morgan fingerprint density at radius 3 is 2.89 bits per heavy atom. The maximum Gasteiger partial charge on any atom is 0.262 e. The van der Waals surface area contributed by atoms with Crippen molar-refractivity contribution in [2.24, 2.45) is 0 Å². The summed E-state index contributed by atoms with van der Waals surface area (Å²) in [6.07, 6.45) is 1.25. The van der Waals surface area contributed by atoms with Crippen LogP contribution in [0.3, 0.4) is 0 Å². The first-order chi connectivity index (χ1) is 9.11. The summed E-state index contributed by atoms with van der Waals surface area (Å²) in [6.45, 7) is 0. The number of carbonyl (C=O) groups is 1. The van der Waals surface area contributed by atoms with Gasteiger partial charge in [0.15, 0.2) is 0 Å². The molecule has 7 heteroatoms. The summed E-state index contributed by atoms with van der Waals surface area (Å²) in [5.74, 6) is 0.248. The molecule has 0 unspecified atom stereocenters. The molecule has 98 valence electrons. The van der Waals surface area contributed by atoms with E-state index < -0.39 is 5.91 Å². The number of nitrogens with one attached hydrogen (secondary N) is 1. The molecule has 0 saturated carbocycles. The molecule has 0 saturated heterocycles. The van der Waals surface area contributed by atoms with Gasteiger partial charge >= 0.3 is 0 Å². The Morgan fingerprint density at radius 2 is 2.21 bits per heavy atom. The van der Waals surface area contributed by atoms with E-state index in [9.17, 15) is 4.79 Å². The molecular formula is C12H11ClN4O2. The van der Waals surface area contributed by atoms with Gasteiger partial charge in [-0.05, 0) is 12.1 Å². The quantitative estimate of drug-likeness (QED) is 0.662. The fourth-order valence-electron chi connectivity index (χ4n) is 1.54. The van der Waals surface area contributed by atoms with Crippen molar-refractivity contribution in [1.82, 2.24) is 9.97 Å². The molecular weight excluding hydrogens is 268 g/mol. The Kier molecular flexibility index (Phi) is 3.82. The number of anilines is 2. The fourth-order valence-corrected chi connectivity index (χ4v) is 1.69. The van der Waals surface area contributed by atoms with Crippen LogP contribution >= 0.6 is 11.6 Å². The van der Waals surface area contributed by atoms with Gasteiger partial charge in [0.2, 0.25) is 0 Å². The lowest BCUT2D eigenvalue weighted by atomic mass is 10.1. The number of ether oxygens (including phenoxy) is 1. The van der Waals surface area contributed by atoms with Crippen LogP contribution in [0.2, 0.25) is 5.15 Å². The Bertz CT molecular complexity index is 618. The predicted molar refractivity (Wildman–Crippen MR) is 72.4 cm³/mol. The lowest BCUT2D eigenvalue weighted by molar-refractivity contribution is 0.102. The van der Waals surface area contributed by atoms with Crippen molar-refractivity contribution in [3.8, 4) is 5.75 Å². The highest BCUT2D eigenvalue weighted by Gasteiger charge is 2.16. The van der Waals surface area contributed by atoms with Crippen molar-refractivity contribution < 1.29 is 9.53 Å². The van der Waals surface area contributed by atoms with Gasteiger partial charge in [-0.25, -0.2) is 9.97 Å². The number of methoxy groups -OCH3 is 1. The number of amides is 1. The number of carbonyl (C=O) groups excluding carboxylic acids is 1. The number of aromatic nitrogens is 2. The molecule has 0 bridgehead atoms. The van der Waals surface area contributed by atoms with Gasteiger partial charge in [0.1, 0.15) is 28.6 Å². The van der Waals surface area contributed by atoms with Gasteiger partial charge in [0, 0.05) is 11.8 Å². The number of hydrogen-bond acceptors (Lipinski definition) is 5. The molecule has 1 aromatic heterocycles. The summed E-state index contributed by atoms with van der Waals surface area (Å²) in [4.78, 5) is 19.8. The molecule has 2 aromatic rings. The number of hydrogen-bond donors (Lipinski definition) is 2. The van der Waals surface area contributed by atoms with Gasteiger partial charge in [0.05, 0.1) is 7.11 Å². The second-order valence-electron chi connectivity index (χ2n) is 3.60. The van der Waals surface area contributed by atoms with Gasteiger partial charge in [0.25, 0.3) is 5.91 Å². The van der Waals surface area contributed by atoms with E-state index >= 15 is 0 Å². The molecule has 0 spiro atoms. The number of rotatable bonds is 3. The molecule has 2 rings (SSSR count). The standard InChI is InChI=1S/C12H11ClN4O2/c1-19-8-4-2-3-7(14)11(8)12(18)17-10-5-9(13)15-6-16-10/h2-6H,14H2,1H3,(H,15,16,17,18). The lowest BCUT2D eigenvalue weighted by Gasteiger charge is -2.11. The van der Waals surface area contributed by atoms with Crippen LogP contribution in [0.15, 0.2) is 30.6 Å². The van der Waals surface area contributed by atoms with E-state index in [2.05, 4.69) is 15.3 Å². The Balaban J connectivity index is 2.30. The molecule has 1 aromatic carbocycles. The smallest absolute Gasteiger partial charge is 0.262 e. The third-order valence-corrected chi connectivity index (χ3v) is 2.59. The largest absolute Gasteiger partial charge is 0.496 e. The predicted octanol–water partition coefficient (Wildman–Crippen LogP) is 1.97. The maximum atomic E-state index is 12.2. The van der Waals surface area contributed by atoms with Gasteiger partial charge in [-0.15, -0.1) is 0 Å². The van der Waals surface area contributed by atoms with Crippen molar-refractivity contribution in [3.63, 3.8) is 0 Å². The minimum Gasteiger partial charge on any atom is -0.496 e. The fraction of sp³-hybridized carbons (Fsp3) is 0.0833. The summed E-state index contributed by atoms with van der Waals surface area (Å²) in [6, 6.07) is 6.40. The molecule has 19 heavy (non-hydrogen) atoms. The number of nitrogens with two attached hydrogens (primary N) is 1. The minimum absolute atomic E-state index is 0.235. The molecule has 0 aliphatic heterocycles. The van der Waals surface area contributed by atoms with Crippen molar-refractivity contribution in [3.05, 3.63) is 41.3 Å². The summed E-state index contributed by atoms with van der Waals surface area (Å²) in [5.41, 5.74) is 6.35. The Morgan fingerprint density at radius 1 is 1.42 bits per heavy atom. The second-order valence-corrected chi connectivity index (χ2v) is 3.99. The molecule has 0 aliphatic carbocycles. The number of halogens is 1. The molecule has 1 heterocycles. The number of benzene rings is 1. The van der Waals surface area contributed by atoms with E-state index in [0.29, 0.717) is 11.4 Å². The molecule has 3 N–H and O–H groups in total. The molecule has 0 atom stereocenters. The summed E-state index contributed by atoms with van der Waals surface area (Å²) >= 11 is 5.71. The first-order valence-corrected chi connectivity index (χ1v) is 5.71. The zero-order chi connectivity index (χ0) is 13.8. The highest BCUT2D eigenvalue weighted by atomic mass is 35.5. The van der Waals surface area contributed by atoms with E-state index in [4.69, 9.17) is 22.1 Å². The number of nitrogen functional groups attached to an aromatic ring is 1. The van der Waals surface area contributed by atoms with Crippen molar-refractivity contribution in [2.75, 3.05) is 18.2 Å². The van der Waals surface area contributed by atoms with Crippen LogP contribution in [-0.2, 0) is 0 Å². The second kappa shape index (κ2) is 5.53. The van der Waals surface area contributed by atoms with Crippen molar-refractivity contribution >= 4 is 29.0 Å². The van der Waals surface area contributed by atoms with Crippen LogP contribution < -0.4 is 15.8 Å². The van der Waals surface area contributed by atoms with Crippen LogP contribution in [0.25, 0.3) is 0 Å². The normalized spacial score (nSPS) is 10.0. The molecule has 0 aliphatic rings. The topological polar surface area (TPSA) is 90.1 Å². The molecule has 0 fully saturated rings. The average molecular weight is 279 g/mol. The first kappa shape index (κ1) is 13.1. The summed E-state index contributed by atoms with van der Waals surface area (Å²) < 4.78 is 5.11. The van der Waals surface area contributed by atoms with E-state index in [1.54, 1.807) is 18.2 Å². The minimum atomic E-state index is -0.426. The van der Waals surface area contributed by atoms with Gasteiger partial charge in [-0.2, -0.15) is 0 Å². The monoisotopic (exact) mass is 278 g/mol. The first-order valence-electron chi connectivity index (χ1n) is 5.33. The van der Waals surface area contributed by atoms with Crippen LogP contribution in [-0.4, -0.2) is 23.0 Å². The van der Waals surface area contributed by atoms with Crippen molar-refractivity contribution in [1.29, 1.82) is 0 Å². The third kappa shape index (κ3) is 2.92. The number of nitrogens with zero attached hydrogens (tertiary/aromatic N) is 2. The zero-order valence-corrected chi connectivity index (χ0v) is 10.8. The van der Waals surface area contributed by atoms with E-state index in [1.807, 2.05) is 0 Å². The summed E-state index contributed by atoms with van der Waals surface area (Å²) in [5, 5.41) is 2.81. The van der Waals surface area contributed by atoms with Gasteiger partial charge in [-0.1, -0.05) is 17.7 Å². The van der Waals surface area contributed by atoms with E-state index in [-0.39, 0.29) is 16.5 Å². The third-order valence-electron chi connectivity index (χ3n) is 2.38. The Hall–Kier alpha value is -2.34. The van der Waals surface area contributed by atoms with Crippen LogP contribution in [0.5, 0.6) is 5.75 Å². The van der Waals surface area contributed by atoms with Gasteiger partial charge in [-0.3, -0.25) is 4.79 Å². The van der Waals surface area contributed by atoms with Gasteiger partial charge < -0.3 is 15.8 Å². The zero-order valence-electron chi connectivity index (χ0n) is 10.1. The highest BCUT2D eigenvalue weighted by molar-refractivity contribution is 6.29. The maximum absolute atomic E-state index is 12.2. The highest BCUT2D eigenvalue weighted by Crippen LogP contribution is 2.25. The van der Waals surface area contributed by atoms with Crippen LogP contribution in [0.1, 0.15) is 10.4 Å². The average Bonchev–Trinajstić information content (AvgIpc) is 2.38. The van der Waals surface area contributed by atoms with Crippen LogP contribution in [0, 0.1) is 0 Å². The van der Waals surface area contributed by atoms with Crippen molar-refractivity contribution in [2.45, 2.75) is 0 Å². The Labute approximate surface area is 114 Å². The molecule has 0 radical (unpaired) electrons. The van der Waals surface area contributed by atoms with Crippen LogP contribution in [0.4, 0.5) is 11.5 Å². The van der Waals surface area contributed by atoms with E-state index in [1.165, 1.54) is 19.5 Å². The molecule has 1 amide bonds. The molecule has 6 nitrogen and oxygen atoms in total. The SMILES string of the molecule is COc1cccc(N)c1C(=O)Nc1cc(Cl)ncn1. The summed E-state index contributed by atoms with van der Waals surface area (Å²) in [7, 11) is 1.47. The van der Waals surface area contributed by atoms with E-state index in [0.717, 1.165) is 0 Å².